The minimum atomic E-state index is -0.0713. The third kappa shape index (κ3) is 4.53. The molecule has 1 aromatic rings. The fourth-order valence-electron chi connectivity index (χ4n) is 2.54. The van der Waals surface area contributed by atoms with E-state index < -0.39 is 0 Å². The van der Waals surface area contributed by atoms with E-state index in [1.807, 2.05) is 31.2 Å². The summed E-state index contributed by atoms with van der Waals surface area (Å²) in [5, 5.41) is 12.1. The Bertz CT molecular complexity index is 422. The van der Waals surface area contributed by atoms with Gasteiger partial charge in [0.2, 0.25) is 0 Å². The van der Waals surface area contributed by atoms with Gasteiger partial charge < -0.3 is 15.2 Å². The van der Waals surface area contributed by atoms with Crippen molar-refractivity contribution >= 4 is 5.91 Å². The molecule has 2 rings (SSSR count). The molecule has 1 fully saturated rings. The van der Waals surface area contributed by atoms with E-state index in [2.05, 4.69) is 5.32 Å². The number of carbonyl (C=O) groups is 1. The summed E-state index contributed by atoms with van der Waals surface area (Å²) < 4.78 is 5.45. The molecule has 0 aromatic heterocycles. The van der Waals surface area contributed by atoms with Crippen LogP contribution >= 0.6 is 0 Å². The Labute approximate surface area is 120 Å². The van der Waals surface area contributed by atoms with Gasteiger partial charge in [-0.15, -0.1) is 0 Å². The summed E-state index contributed by atoms with van der Waals surface area (Å²) in [6.45, 7) is 2.33. The normalized spacial score (nSPS) is 22.3. The lowest BCUT2D eigenvalue weighted by Gasteiger charge is -2.27. The molecule has 110 valence electrons. The van der Waals surface area contributed by atoms with Gasteiger partial charge in [0.1, 0.15) is 5.75 Å². The number of hydrogen-bond donors (Lipinski definition) is 2. The summed E-state index contributed by atoms with van der Waals surface area (Å²) in [7, 11) is 0. The molecule has 4 nitrogen and oxygen atoms in total. The molecule has 4 heteroatoms. The van der Waals surface area contributed by atoms with Crippen molar-refractivity contribution in [2.45, 2.75) is 38.6 Å². The molecule has 20 heavy (non-hydrogen) atoms. The van der Waals surface area contributed by atoms with E-state index in [0.29, 0.717) is 5.92 Å². The molecule has 0 unspecified atom stereocenters. The van der Waals surface area contributed by atoms with E-state index in [1.165, 1.54) is 5.56 Å². The van der Waals surface area contributed by atoms with Crippen LogP contribution in [0.2, 0.25) is 0 Å². The molecule has 1 saturated carbocycles. The van der Waals surface area contributed by atoms with Gasteiger partial charge in [0, 0.05) is 12.6 Å². The summed E-state index contributed by atoms with van der Waals surface area (Å²) in [5.74, 6) is 1.06. The van der Waals surface area contributed by atoms with Gasteiger partial charge in [0.15, 0.2) is 6.61 Å². The molecular weight excluding hydrogens is 254 g/mol. The van der Waals surface area contributed by atoms with Gasteiger partial charge in [0.05, 0.1) is 0 Å². The van der Waals surface area contributed by atoms with Crippen LogP contribution in [0, 0.1) is 12.8 Å². The molecule has 0 heterocycles. The maximum absolute atomic E-state index is 11.8. The highest BCUT2D eigenvalue weighted by atomic mass is 16.5. The highest BCUT2D eigenvalue weighted by Gasteiger charge is 2.21. The van der Waals surface area contributed by atoms with E-state index in [1.54, 1.807) is 0 Å². The number of benzene rings is 1. The monoisotopic (exact) mass is 277 g/mol. The van der Waals surface area contributed by atoms with Crippen molar-refractivity contribution in [3.63, 3.8) is 0 Å². The first-order valence-corrected chi connectivity index (χ1v) is 7.27. The summed E-state index contributed by atoms with van der Waals surface area (Å²) in [6, 6.07) is 7.89. The fraction of sp³-hybridized carbons (Fsp3) is 0.562. The number of carbonyl (C=O) groups excluding carboxylic acids is 1. The Morgan fingerprint density at radius 3 is 2.50 bits per heavy atom. The molecule has 0 bridgehead atoms. The van der Waals surface area contributed by atoms with Gasteiger partial charge in [-0.1, -0.05) is 17.7 Å². The van der Waals surface area contributed by atoms with Crippen LogP contribution < -0.4 is 10.1 Å². The second-order valence-corrected chi connectivity index (χ2v) is 5.57. The van der Waals surface area contributed by atoms with Crippen molar-refractivity contribution in [1.29, 1.82) is 0 Å². The average molecular weight is 277 g/mol. The van der Waals surface area contributed by atoms with Crippen LogP contribution in [0.25, 0.3) is 0 Å². The van der Waals surface area contributed by atoms with Crippen LogP contribution in [-0.2, 0) is 4.79 Å². The molecule has 1 aliphatic rings. The number of nitrogens with one attached hydrogen (secondary N) is 1. The van der Waals surface area contributed by atoms with Crippen molar-refractivity contribution in [2.75, 3.05) is 13.2 Å². The highest BCUT2D eigenvalue weighted by Crippen LogP contribution is 2.23. The van der Waals surface area contributed by atoms with Crippen molar-refractivity contribution in [3.8, 4) is 5.75 Å². The largest absolute Gasteiger partial charge is 0.484 e. The standard InChI is InChI=1S/C16H23NO3/c1-12-2-8-15(9-3-12)20-11-16(19)17-14-6-4-13(10-18)5-7-14/h2-3,8-9,13-14,18H,4-7,10-11H2,1H3,(H,17,19). The number of amides is 1. The van der Waals surface area contributed by atoms with Crippen molar-refractivity contribution < 1.29 is 14.6 Å². The zero-order chi connectivity index (χ0) is 14.4. The van der Waals surface area contributed by atoms with Gasteiger partial charge in [-0.3, -0.25) is 4.79 Å². The van der Waals surface area contributed by atoms with Crippen LogP contribution in [0.3, 0.4) is 0 Å². The number of aliphatic hydroxyl groups is 1. The first-order valence-electron chi connectivity index (χ1n) is 7.27. The summed E-state index contributed by atoms with van der Waals surface area (Å²) in [6.07, 6.45) is 3.86. The summed E-state index contributed by atoms with van der Waals surface area (Å²) in [4.78, 5) is 11.8. The molecule has 0 atom stereocenters. The molecule has 0 saturated heterocycles. The van der Waals surface area contributed by atoms with Gasteiger partial charge >= 0.3 is 0 Å². The van der Waals surface area contributed by atoms with Gasteiger partial charge in [-0.25, -0.2) is 0 Å². The lowest BCUT2D eigenvalue weighted by Crippen LogP contribution is -2.40. The lowest BCUT2D eigenvalue weighted by atomic mass is 9.86. The van der Waals surface area contributed by atoms with Crippen LogP contribution in [-0.4, -0.2) is 30.3 Å². The first kappa shape index (κ1) is 14.9. The van der Waals surface area contributed by atoms with Gasteiger partial charge in [0.25, 0.3) is 5.91 Å². The van der Waals surface area contributed by atoms with E-state index in [0.717, 1.165) is 31.4 Å². The zero-order valence-electron chi connectivity index (χ0n) is 12.0. The molecular formula is C16H23NO3. The third-order valence-electron chi connectivity index (χ3n) is 3.86. The third-order valence-corrected chi connectivity index (χ3v) is 3.86. The minimum Gasteiger partial charge on any atom is -0.484 e. The van der Waals surface area contributed by atoms with Crippen LogP contribution in [0.1, 0.15) is 31.2 Å². The molecule has 1 aromatic carbocycles. The van der Waals surface area contributed by atoms with Crippen molar-refractivity contribution in [3.05, 3.63) is 29.8 Å². The predicted molar refractivity (Wildman–Crippen MR) is 77.6 cm³/mol. The molecule has 0 radical (unpaired) electrons. The Balaban J connectivity index is 1.69. The average Bonchev–Trinajstić information content (AvgIpc) is 2.47. The predicted octanol–water partition coefficient (Wildman–Crippen LogP) is 2.04. The SMILES string of the molecule is Cc1ccc(OCC(=O)NC2CCC(CO)CC2)cc1. The number of ether oxygens (including phenoxy) is 1. The highest BCUT2D eigenvalue weighted by molar-refractivity contribution is 5.77. The second-order valence-electron chi connectivity index (χ2n) is 5.57. The van der Waals surface area contributed by atoms with Crippen LogP contribution in [0.15, 0.2) is 24.3 Å². The minimum absolute atomic E-state index is 0.0585. The van der Waals surface area contributed by atoms with E-state index in [4.69, 9.17) is 9.84 Å². The maximum atomic E-state index is 11.8. The number of aryl methyl sites for hydroxylation is 1. The summed E-state index contributed by atoms with van der Waals surface area (Å²) in [5.41, 5.74) is 1.17. The molecule has 1 aliphatic carbocycles. The Hall–Kier alpha value is -1.55. The molecule has 2 N–H and O–H groups in total. The van der Waals surface area contributed by atoms with Crippen LogP contribution in [0.5, 0.6) is 5.75 Å². The fourth-order valence-corrected chi connectivity index (χ4v) is 2.54. The Kier molecular flexibility index (Phi) is 5.41. The molecule has 1 amide bonds. The second kappa shape index (κ2) is 7.29. The first-order chi connectivity index (χ1) is 9.67. The quantitative estimate of drug-likeness (QED) is 0.866. The summed E-state index contributed by atoms with van der Waals surface area (Å²) >= 11 is 0. The number of rotatable bonds is 5. The topological polar surface area (TPSA) is 58.6 Å². The Morgan fingerprint density at radius 1 is 1.25 bits per heavy atom. The molecule has 0 spiro atoms. The van der Waals surface area contributed by atoms with Gasteiger partial charge in [-0.05, 0) is 50.7 Å². The van der Waals surface area contributed by atoms with Crippen LogP contribution in [0.4, 0.5) is 0 Å². The maximum Gasteiger partial charge on any atom is 0.258 e. The van der Waals surface area contributed by atoms with Crippen molar-refractivity contribution in [2.24, 2.45) is 5.92 Å². The molecule has 0 aliphatic heterocycles. The lowest BCUT2D eigenvalue weighted by molar-refractivity contribution is -0.124. The van der Waals surface area contributed by atoms with Gasteiger partial charge in [-0.2, -0.15) is 0 Å². The number of aliphatic hydroxyl groups excluding tert-OH is 1. The van der Waals surface area contributed by atoms with E-state index in [9.17, 15) is 4.79 Å². The van der Waals surface area contributed by atoms with Crippen molar-refractivity contribution in [1.82, 2.24) is 5.32 Å². The van der Waals surface area contributed by atoms with E-state index in [-0.39, 0.29) is 25.2 Å². The smallest absolute Gasteiger partial charge is 0.258 e. The van der Waals surface area contributed by atoms with E-state index >= 15 is 0 Å². The number of hydrogen-bond acceptors (Lipinski definition) is 3. The zero-order valence-corrected chi connectivity index (χ0v) is 12.0. The Morgan fingerprint density at radius 2 is 1.90 bits per heavy atom.